The van der Waals surface area contributed by atoms with Crippen LogP contribution >= 0.6 is 0 Å². The van der Waals surface area contributed by atoms with E-state index in [0.717, 1.165) is 32.2 Å². The van der Waals surface area contributed by atoms with E-state index in [9.17, 15) is 4.79 Å². The summed E-state index contributed by atoms with van der Waals surface area (Å²) in [7, 11) is 1.67. The molecule has 1 heterocycles. The summed E-state index contributed by atoms with van der Waals surface area (Å²) in [5, 5.41) is 14.6. The Balaban J connectivity index is 2.06. The minimum atomic E-state index is -0.109. The molecule has 1 aliphatic rings. The molecule has 3 N–H and O–H groups in total. The van der Waals surface area contributed by atoms with Crippen molar-refractivity contribution in [3.63, 3.8) is 0 Å². The van der Waals surface area contributed by atoms with Crippen LogP contribution in [0.2, 0.25) is 0 Å². The Bertz CT molecular complexity index is 211. The quantitative estimate of drug-likeness (QED) is 0.522. The van der Waals surface area contributed by atoms with E-state index in [1.807, 2.05) is 0 Å². The van der Waals surface area contributed by atoms with Crippen molar-refractivity contribution in [1.29, 1.82) is 0 Å². The summed E-state index contributed by atoms with van der Waals surface area (Å²) >= 11 is 0. The van der Waals surface area contributed by atoms with Crippen molar-refractivity contribution < 1.29 is 14.6 Å². The fourth-order valence-corrected chi connectivity index (χ4v) is 1.83. The molecule has 2 unspecified atom stereocenters. The molecule has 1 aliphatic heterocycles. The molecule has 1 amide bonds. The highest BCUT2D eigenvalue weighted by Crippen LogP contribution is 2.09. The maximum Gasteiger partial charge on any atom is 0.237 e. The third-order valence-electron chi connectivity index (χ3n) is 2.87. The van der Waals surface area contributed by atoms with Crippen molar-refractivity contribution >= 4 is 5.91 Å². The van der Waals surface area contributed by atoms with Gasteiger partial charge >= 0.3 is 0 Å². The van der Waals surface area contributed by atoms with Gasteiger partial charge in [-0.05, 0) is 25.7 Å². The van der Waals surface area contributed by atoms with Gasteiger partial charge in [-0.15, -0.1) is 0 Å². The molecule has 5 nitrogen and oxygen atoms in total. The van der Waals surface area contributed by atoms with Gasteiger partial charge in [0.1, 0.15) is 0 Å². The molecule has 1 rings (SSSR count). The van der Waals surface area contributed by atoms with Gasteiger partial charge in [-0.3, -0.25) is 4.79 Å². The molecule has 0 radical (unpaired) electrons. The van der Waals surface area contributed by atoms with Gasteiger partial charge in [0.2, 0.25) is 5.91 Å². The second-order valence-corrected chi connectivity index (χ2v) is 4.13. The van der Waals surface area contributed by atoms with Gasteiger partial charge in [-0.1, -0.05) is 0 Å². The number of unbranched alkanes of at least 4 members (excludes halogenated alkanes) is 2. The molecule has 0 aromatic heterocycles. The number of ether oxygens (including phenoxy) is 1. The highest BCUT2D eigenvalue weighted by molar-refractivity contribution is 5.82. The molecule has 0 spiro atoms. The fourth-order valence-electron chi connectivity index (χ4n) is 1.83. The summed E-state index contributed by atoms with van der Waals surface area (Å²) in [5.74, 6) is 0.0588. The van der Waals surface area contributed by atoms with Crippen molar-refractivity contribution in [3.05, 3.63) is 0 Å². The van der Waals surface area contributed by atoms with E-state index >= 15 is 0 Å². The number of aliphatic hydroxyl groups is 1. The summed E-state index contributed by atoms with van der Waals surface area (Å²) in [5.41, 5.74) is 0. The van der Waals surface area contributed by atoms with Gasteiger partial charge in [-0.2, -0.15) is 0 Å². The van der Waals surface area contributed by atoms with E-state index in [1.165, 1.54) is 0 Å². The van der Waals surface area contributed by atoms with E-state index in [2.05, 4.69) is 10.6 Å². The molecule has 5 heteroatoms. The lowest BCUT2D eigenvalue weighted by molar-refractivity contribution is -0.122. The van der Waals surface area contributed by atoms with Crippen LogP contribution in [-0.2, 0) is 9.53 Å². The summed E-state index contributed by atoms with van der Waals surface area (Å²) < 4.78 is 5.18. The first kappa shape index (κ1) is 13.4. The number of hydrogen-bond donors (Lipinski definition) is 3. The minimum Gasteiger partial charge on any atom is -0.396 e. The summed E-state index contributed by atoms with van der Waals surface area (Å²) in [6.45, 7) is 1.67. The Hall–Kier alpha value is -0.650. The topological polar surface area (TPSA) is 70.6 Å². The molecule has 2 atom stereocenters. The maximum absolute atomic E-state index is 11.7. The van der Waals surface area contributed by atoms with Crippen molar-refractivity contribution in [3.8, 4) is 0 Å². The predicted octanol–water partition coefficient (Wildman–Crippen LogP) is -0.358. The largest absolute Gasteiger partial charge is 0.396 e. The zero-order chi connectivity index (χ0) is 11.8. The van der Waals surface area contributed by atoms with Crippen LogP contribution in [0, 0.1) is 0 Å². The van der Waals surface area contributed by atoms with Gasteiger partial charge in [0.15, 0.2) is 0 Å². The lowest BCUT2D eigenvalue weighted by Gasteiger charge is -2.10. The molecule has 16 heavy (non-hydrogen) atoms. The Labute approximate surface area is 96.6 Å². The second kappa shape index (κ2) is 7.60. The van der Waals surface area contributed by atoms with Crippen LogP contribution in [0.1, 0.15) is 25.7 Å². The molecule has 1 saturated heterocycles. The highest BCUT2D eigenvalue weighted by Gasteiger charge is 2.28. The van der Waals surface area contributed by atoms with Crippen LogP contribution in [0.4, 0.5) is 0 Å². The number of hydrogen-bond acceptors (Lipinski definition) is 4. The van der Waals surface area contributed by atoms with Gasteiger partial charge in [0, 0.05) is 26.8 Å². The monoisotopic (exact) mass is 230 g/mol. The van der Waals surface area contributed by atoms with Crippen LogP contribution in [0.15, 0.2) is 0 Å². The minimum absolute atomic E-state index is 0.0588. The van der Waals surface area contributed by atoms with Crippen molar-refractivity contribution in [2.45, 2.75) is 37.8 Å². The first-order chi connectivity index (χ1) is 7.77. The molecule has 1 fully saturated rings. The van der Waals surface area contributed by atoms with Crippen LogP contribution in [0.25, 0.3) is 0 Å². The van der Waals surface area contributed by atoms with Crippen LogP contribution in [0.3, 0.4) is 0 Å². The third-order valence-corrected chi connectivity index (χ3v) is 2.87. The molecule has 94 valence electrons. The zero-order valence-corrected chi connectivity index (χ0v) is 9.87. The van der Waals surface area contributed by atoms with E-state index in [-0.39, 0.29) is 24.7 Å². The fraction of sp³-hybridized carbons (Fsp3) is 0.909. The van der Waals surface area contributed by atoms with Crippen LogP contribution in [0.5, 0.6) is 0 Å². The maximum atomic E-state index is 11.7. The lowest BCUT2D eigenvalue weighted by Crippen LogP contribution is -2.40. The first-order valence-electron chi connectivity index (χ1n) is 5.92. The highest BCUT2D eigenvalue weighted by atomic mass is 16.5. The summed E-state index contributed by atoms with van der Waals surface area (Å²) in [6.07, 6.45) is 3.59. The van der Waals surface area contributed by atoms with Crippen molar-refractivity contribution in [1.82, 2.24) is 10.6 Å². The summed E-state index contributed by atoms with van der Waals surface area (Å²) in [4.78, 5) is 11.7. The van der Waals surface area contributed by atoms with E-state index < -0.39 is 0 Å². The normalized spacial score (nSPS) is 24.6. The number of rotatable bonds is 7. The molecule has 0 saturated carbocycles. The number of carbonyl (C=O) groups is 1. The summed E-state index contributed by atoms with van der Waals surface area (Å²) in [6, 6.07) is -0.109. The SMILES string of the molecule is COC1CNC(C(=O)NCCCCCO)C1. The standard InChI is InChI=1S/C11H22N2O3/c1-16-9-7-10(13-8-9)11(15)12-5-3-2-4-6-14/h9-10,13-14H,2-8H2,1H3,(H,12,15). The van der Waals surface area contributed by atoms with Crippen LogP contribution in [-0.4, -0.2) is 50.0 Å². The molecular formula is C11H22N2O3. The smallest absolute Gasteiger partial charge is 0.237 e. The Morgan fingerprint density at radius 2 is 2.31 bits per heavy atom. The average molecular weight is 230 g/mol. The molecule has 0 aromatic carbocycles. The molecule has 0 aliphatic carbocycles. The van der Waals surface area contributed by atoms with E-state index in [1.54, 1.807) is 7.11 Å². The van der Waals surface area contributed by atoms with Crippen LogP contribution < -0.4 is 10.6 Å². The van der Waals surface area contributed by atoms with E-state index in [4.69, 9.17) is 9.84 Å². The van der Waals surface area contributed by atoms with Gasteiger partial charge < -0.3 is 20.5 Å². The second-order valence-electron chi connectivity index (χ2n) is 4.13. The third kappa shape index (κ3) is 4.47. The molecule has 0 aromatic rings. The predicted molar refractivity (Wildman–Crippen MR) is 61.2 cm³/mol. The number of nitrogens with one attached hydrogen (secondary N) is 2. The number of aliphatic hydroxyl groups excluding tert-OH is 1. The van der Waals surface area contributed by atoms with Gasteiger partial charge in [-0.25, -0.2) is 0 Å². The molecular weight excluding hydrogens is 208 g/mol. The van der Waals surface area contributed by atoms with Gasteiger partial charge in [0.25, 0.3) is 0 Å². The Morgan fingerprint density at radius 3 is 2.94 bits per heavy atom. The zero-order valence-electron chi connectivity index (χ0n) is 9.87. The number of amides is 1. The average Bonchev–Trinajstić information content (AvgIpc) is 2.77. The van der Waals surface area contributed by atoms with Crippen molar-refractivity contribution in [2.75, 3.05) is 26.8 Å². The lowest BCUT2D eigenvalue weighted by atomic mass is 10.2. The Kier molecular flexibility index (Phi) is 6.37. The Morgan fingerprint density at radius 1 is 1.50 bits per heavy atom. The van der Waals surface area contributed by atoms with Gasteiger partial charge in [0.05, 0.1) is 12.1 Å². The van der Waals surface area contributed by atoms with Crippen molar-refractivity contribution in [2.24, 2.45) is 0 Å². The number of carbonyl (C=O) groups excluding carboxylic acids is 1. The molecule has 0 bridgehead atoms. The number of methoxy groups -OCH3 is 1. The first-order valence-corrected chi connectivity index (χ1v) is 5.92. The van der Waals surface area contributed by atoms with E-state index in [0.29, 0.717) is 6.54 Å².